The molecule has 7 heteroatoms. The van der Waals surface area contributed by atoms with Gasteiger partial charge in [0.05, 0.1) is 10.6 Å². The van der Waals surface area contributed by atoms with Gasteiger partial charge in [-0.2, -0.15) is 0 Å². The number of carboxylic acids is 1. The molecule has 1 aromatic rings. The lowest BCUT2D eigenvalue weighted by molar-refractivity contribution is -0.165. The van der Waals surface area contributed by atoms with E-state index >= 15 is 0 Å². The van der Waals surface area contributed by atoms with Crippen molar-refractivity contribution < 1.29 is 24.1 Å². The van der Waals surface area contributed by atoms with Gasteiger partial charge < -0.3 is 19.3 Å². The lowest BCUT2D eigenvalue weighted by Gasteiger charge is -2.47. The summed E-state index contributed by atoms with van der Waals surface area (Å²) in [5.41, 5.74) is 0.642. The van der Waals surface area contributed by atoms with Gasteiger partial charge in [-0.3, -0.25) is 4.90 Å². The van der Waals surface area contributed by atoms with Crippen LogP contribution in [0.5, 0.6) is 11.5 Å². The van der Waals surface area contributed by atoms with Crippen LogP contribution < -0.4 is 9.47 Å². The van der Waals surface area contributed by atoms with Crippen LogP contribution in [0.2, 0.25) is 5.02 Å². The summed E-state index contributed by atoms with van der Waals surface area (Å²) in [4.78, 5) is 12.7. The average molecular weight is 314 g/mol. The third kappa shape index (κ3) is 3.07. The van der Waals surface area contributed by atoms with Crippen LogP contribution in [0.3, 0.4) is 0 Å². The molecule has 3 rings (SSSR count). The van der Waals surface area contributed by atoms with Crippen molar-refractivity contribution in [1.29, 1.82) is 0 Å². The second kappa shape index (κ2) is 5.36. The molecule has 1 N–H and O–H groups in total. The third-order valence-electron chi connectivity index (χ3n) is 3.55. The van der Waals surface area contributed by atoms with Gasteiger partial charge in [-0.15, -0.1) is 0 Å². The summed E-state index contributed by atoms with van der Waals surface area (Å²) in [7, 11) is 0. The zero-order chi connectivity index (χ0) is 15.0. The van der Waals surface area contributed by atoms with Gasteiger partial charge in [0, 0.05) is 19.6 Å². The number of nitrogens with zero attached hydrogens (tertiary/aromatic N) is 1. The van der Waals surface area contributed by atoms with Gasteiger partial charge in [-0.25, -0.2) is 4.79 Å². The van der Waals surface area contributed by atoms with Gasteiger partial charge in [-0.05, 0) is 24.6 Å². The number of carbonyl (C=O) groups is 1. The second-order valence-electron chi connectivity index (χ2n) is 5.59. The highest BCUT2D eigenvalue weighted by atomic mass is 35.5. The van der Waals surface area contributed by atoms with Crippen LogP contribution in [0.25, 0.3) is 0 Å². The minimum atomic E-state index is -0.947. The fourth-order valence-electron chi connectivity index (χ4n) is 2.71. The molecule has 0 atom stereocenters. The van der Waals surface area contributed by atoms with Crippen molar-refractivity contribution in [3.05, 3.63) is 22.7 Å². The van der Waals surface area contributed by atoms with Crippen LogP contribution in [0, 0.1) is 0 Å². The van der Waals surface area contributed by atoms with E-state index in [1.165, 1.54) is 0 Å². The van der Waals surface area contributed by atoms with E-state index in [4.69, 9.17) is 30.9 Å². The van der Waals surface area contributed by atoms with E-state index < -0.39 is 11.6 Å². The minimum absolute atomic E-state index is 0.198. The number of fused-ring (bicyclic) bond motifs is 1. The first kappa shape index (κ1) is 14.4. The summed E-state index contributed by atoms with van der Waals surface area (Å²) in [6, 6.07) is 3.78. The molecule has 0 radical (unpaired) electrons. The molecule has 0 aromatic heterocycles. The monoisotopic (exact) mass is 313 g/mol. The van der Waals surface area contributed by atoms with Gasteiger partial charge >= 0.3 is 5.97 Å². The maximum Gasteiger partial charge on any atom is 0.329 e. The Kier molecular flexibility index (Phi) is 3.69. The van der Waals surface area contributed by atoms with Crippen molar-refractivity contribution in [1.82, 2.24) is 4.90 Å². The lowest BCUT2D eigenvalue weighted by Crippen LogP contribution is -2.61. The van der Waals surface area contributed by atoms with E-state index in [2.05, 4.69) is 4.90 Å². The van der Waals surface area contributed by atoms with E-state index in [0.29, 0.717) is 36.2 Å². The van der Waals surface area contributed by atoms with E-state index in [1.807, 2.05) is 19.1 Å². The van der Waals surface area contributed by atoms with E-state index in [0.717, 1.165) is 5.56 Å². The van der Waals surface area contributed by atoms with Crippen molar-refractivity contribution in [3.63, 3.8) is 0 Å². The van der Waals surface area contributed by atoms with Gasteiger partial charge in [0.1, 0.15) is 6.61 Å². The van der Waals surface area contributed by atoms with Gasteiger partial charge in [0.15, 0.2) is 11.5 Å². The Labute approximate surface area is 127 Å². The van der Waals surface area contributed by atoms with Crippen LogP contribution in [-0.2, 0) is 16.1 Å². The molecule has 0 saturated carbocycles. The molecule has 2 heterocycles. The molecule has 1 fully saturated rings. The molecular formula is C14H16ClNO5. The molecule has 21 heavy (non-hydrogen) atoms. The quantitative estimate of drug-likeness (QED) is 0.893. The minimum Gasteiger partial charge on any atom is -0.480 e. The highest BCUT2D eigenvalue weighted by Gasteiger charge is 2.40. The van der Waals surface area contributed by atoms with Crippen molar-refractivity contribution >= 4 is 17.6 Å². The maximum atomic E-state index is 10.5. The van der Waals surface area contributed by atoms with Crippen LogP contribution >= 0.6 is 11.6 Å². The molecule has 0 aliphatic carbocycles. The fraction of sp³-hybridized carbons (Fsp3) is 0.500. The van der Waals surface area contributed by atoms with Crippen LogP contribution in [-0.4, -0.2) is 48.1 Å². The van der Waals surface area contributed by atoms with Gasteiger partial charge in [0.2, 0.25) is 6.79 Å². The van der Waals surface area contributed by atoms with E-state index in [9.17, 15) is 4.79 Å². The van der Waals surface area contributed by atoms with E-state index in [1.54, 1.807) is 0 Å². The summed E-state index contributed by atoms with van der Waals surface area (Å²) in [6.45, 7) is 3.93. The molecule has 1 aromatic carbocycles. The fourth-order valence-corrected chi connectivity index (χ4v) is 3.00. The number of likely N-dealkylation sites (tertiary alicyclic amines) is 1. The molecule has 1 saturated heterocycles. The SMILES string of the molecule is CC1(OCC(=O)O)CN(Cc2cc(Cl)c3c(c2)OCO3)C1. The number of rotatable bonds is 5. The average Bonchev–Trinajstić information content (AvgIpc) is 2.83. The largest absolute Gasteiger partial charge is 0.480 e. The molecule has 2 aliphatic heterocycles. The zero-order valence-corrected chi connectivity index (χ0v) is 12.4. The van der Waals surface area contributed by atoms with Gasteiger partial charge in [0.25, 0.3) is 0 Å². The van der Waals surface area contributed by atoms with Crippen molar-refractivity contribution in [3.8, 4) is 11.5 Å². The molecule has 0 unspecified atom stereocenters. The van der Waals surface area contributed by atoms with E-state index in [-0.39, 0.29) is 13.4 Å². The molecule has 0 bridgehead atoms. The third-order valence-corrected chi connectivity index (χ3v) is 3.83. The molecule has 0 amide bonds. The number of ether oxygens (including phenoxy) is 3. The Morgan fingerprint density at radius 2 is 2.24 bits per heavy atom. The van der Waals surface area contributed by atoms with Gasteiger partial charge in [-0.1, -0.05) is 11.6 Å². The van der Waals surface area contributed by atoms with Crippen LogP contribution in [0.15, 0.2) is 12.1 Å². The number of hydrogen-bond donors (Lipinski definition) is 1. The Bertz CT molecular complexity index is 571. The Morgan fingerprint density at radius 1 is 1.48 bits per heavy atom. The van der Waals surface area contributed by atoms with Crippen molar-refractivity contribution in [2.75, 3.05) is 26.5 Å². The predicted octanol–water partition coefficient (Wildman–Crippen LogP) is 1.74. The Morgan fingerprint density at radius 3 is 2.95 bits per heavy atom. The van der Waals surface area contributed by atoms with Crippen molar-refractivity contribution in [2.45, 2.75) is 19.1 Å². The lowest BCUT2D eigenvalue weighted by atomic mass is 9.95. The zero-order valence-electron chi connectivity index (χ0n) is 11.6. The number of halogens is 1. The molecule has 2 aliphatic rings. The first-order chi connectivity index (χ1) is 9.95. The smallest absolute Gasteiger partial charge is 0.329 e. The summed E-state index contributed by atoms with van der Waals surface area (Å²) < 4.78 is 16.0. The molecule has 114 valence electrons. The normalized spacial score (nSPS) is 19.3. The molecule has 0 spiro atoms. The summed E-state index contributed by atoms with van der Waals surface area (Å²) in [5.74, 6) is 0.318. The van der Waals surface area contributed by atoms with Crippen molar-refractivity contribution in [2.24, 2.45) is 0 Å². The number of hydrogen-bond acceptors (Lipinski definition) is 5. The van der Waals surface area contributed by atoms with Crippen LogP contribution in [0.1, 0.15) is 12.5 Å². The summed E-state index contributed by atoms with van der Waals surface area (Å²) in [6.07, 6.45) is 0. The summed E-state index contributed by atoms with van der Waals surface area (Å²) >= 11 is 6.15. The highest BCUT2D eigenvalue weighted by molar-refractivity contribution is 6.32. The molecule has 6 nitrogen and oxygen atoms in total. The van der Waals surface area contributed by atoms with Crippen LogP contribution in [0.4, 0.5) is 0 Å². The topological polar surface area (TPSA) is 68.2 Å². The highest BCUT2D eigenvalue weighted by Crippen LogP contribution is 2.40. The Balaban J connectivity index is 1.57. The molecular weight excluding hydrogens is 298 g/mol. The first-order valence-corrected chi connectivity index (χ1v) is 6.99. The second-order valence-corrected chi connectivity index (χ2v) is 6.00. The standard InChI is InChI=1S/C14H16ClNO5/c1-14(21-5-12(17)18)6-16(7-14)4-9-2-10(15)13-11(3-9)19-8-20-13/h2-3H,4-8H2,1H3,(H,17,18). The number of aliphatic carboxylic acids is 1. The predicted molar refractivity (Wildman–Crippen MR) is 74.8 cm³/mol. The summed E-state index contributed by atoms with van der Waals surface area (Å²) in [5, 5.41) is 9.19. The maximum absolute atomic E-state index is 10.5. The number of carboxylic acid groups (broad SMARTS) is 1. The number of benzene rings is 1. The first-order valence-electron chi connectivity index (χ1n) is 6.61. The Hall–Kier alpha value is -1.50.